The number of fused-ring (bicyclic) bond motifs is 2. The molecule has 2 atom stereocenters. The summed E-state index contributed by atoms with van der Waals surface area (Å²) < 4.78 is 5.69. The van der Waals surface area contributed by atoms with Crippen molar-refractivity contribution in [1.29, 1.82) is 0 Å². The van der Waals surface area contributed by atoms with E-state index in [2.05, 4.69) is 25.6 Å². The van der Waals surface area contributed by atoms with Crippen molar-refractivity contribution in [2.24, 2.45) is 16.5 Å². The molecule has 2 aromatic carbocycles. The zero-order valence-corrected chi connectivity index (χ0v) is 18.9. The van der Waals surface area contributed by atoms with Gasteiger partial charge < -0.3 is 21.2 Å². The monoisotopic (exact) mass is 457 g/mol. The largest absolute Gasteiger partial charge is 0.451 e. The number of rotatable bonds is 5. The van der Waals surface area contributed by atoms with E-state index in [0.29, 0.717) is 11.4 Å². The number of aryl methyl sites for hydroxylation is 1. The van der Waals surface area contributed by atoms with E-state index in [-0.39, 0.29) is 29.8 Å². The summed E-state index contributed by atoms with van der Waals surface area (Å²) in [5.74, 6) is 0.698. The van der Waals surface area contributed by atoms with Gasteiger partial charge in [0.2, 0.25) is 5.95 Å². The summed E-state index contributed by atoms with van der Waals surface area (Å²) >= 11 is 0. The summed E-state index contributed by atoms with van der Waals surface area (Å²) in [6.07, 6.45) is 3.96. The average molecular weight is 458 g/mol. The first kappa shape index (κ1) is 21.7. The predicted molar refractivity (Wildman–Crippen MR) is 134 cm³/mol. The molecule has 0 aliphatic heterocycles. The van der Waals surface area contributed by atoms with Crippen molar-refractivity contribution in [2.75, 3.05) is 10.6 Å². The van der Waals surface area contributed by atoms with E-state index in [0.717, 1.165) is 47.5 Å². The number of para-hydroxylation sites is 1. The number of guanidine groups is 1. The van der Waals surface area contributed by atoms with Gasteiger partial charge in [-0.25, -0.2) is 9.98 Å². The van der Waals surface area contributed by atoms with Crippen LogP contribution in [-0.4, -0.2) is 33.9 Å². The van der Waals surface area contributed by atoms with Crippen molar-refractivity contribution in [2.45, 2.75) is 44.7 Å². The van der Waals surface area contributed by atoms with Gasteiger partial charge in [-0.15, -0.1) is 0 Å². The highest BCUT2D eigenvalue weighted by Crippen LogP contribution is 2.29. The molecule has 1 saturated carbocycles. The molecule has 0 saturated heterocycles. The third-order valence-electron chi connectivity index (χ3n) is 6.09. The number of nitrogens with two attached hydrogens (primary N) is 2. The van der Waals surface area contributed by atoms with Crippen molar-refractivity contribution in [3.8, 4) is 0 Å². The second-order valence-electron chi connectivity index (χ2n) is 8.68. The molecule has 0 spiro atoms. The molecule has 34 heavy (non-hydrogen) atoms. The number of carbonyl (C=O) groups is 1. The number of hydrogen-bond acceptors (Lipinski definition) is 6. The normalized spacial score (nSPS) is 18.0. The predicted octanol–water partition coefficient (Wildman–Crippen LogP) is 3.93. The zero-order valence-electron chi connectivity index (χ0n) is 18.9. The number of furan rings is 1. The van der Waals surface area contributed by atoms with Crippen LogP contribution in [0.25, 0.3) is 21.9 Å². The Morgan fingerprint density at radius 1 is 1.09 bits per heavy atom. The fraction of sp³-hybridized carbons (Fsp3) is 0.280. The molecule has 1 aliphatic rings. The van der Waals surface area contributed by atoms with Crippen LogP contribution in [0.2, 0.25) is 0 Å². The topological polar surface area (TPSA) is 144 Å². The molecule has 1 aliphatic carbocycles. The van der Waals surface area contributed by atoms with Gasteiger partial charge in [0.05, 0.1) is 17.6 Å². The van der Waals surface area contributed by atoms with E-state index < -0.39 is 5.91 Å². The molecular formula is C25H27N7O2. The van der Waals surface area contributed by atoms with Crippen LogP contribution in [-0.2, 0) is 0 Å². The lowest BCUT2D eigenvalue weighted by Crippen LogP contribution is -2.38. The summed E-state index contributed by atoms with van der Waals surface area (Å²) in [5, 5.41) is 8.05. The molecule has 1 fully saturated rings. The summed E-state index contributed by atoms with van der Waals surface area (Å²) in [6, 6.07) is 15.1. The van der Waals surface area contributed by atoms with Gasteiger partial charge in [0.1, 0.15) is 11.4 Å². The van der Waals surface area contributed by atoms with Gasteiger partial charge in [-0.2, -0.15) is 4.98 Å². The smallest absolute Gasteiger partial charge is 0.293 e. The molecule has 6 N–H and O–H groups in total. The highest BCUT2D eigenvalue weighted by atomic mass is 16.3. The van der Waals surface area contributed by atoms with E-state index in [1.807, 2.05) is 49.4 Å². The van der Waals surface area contributed by atoms with Crippen LogP contribution >= 0.6 is 0 Å². The van der Waals surface area contributed by atoms with E-state index in [9.17, 15) is 4.79 Å². The molecule has 4 aromatic rings. The molecule has 2 heterocycles. The van der Waals surface area contributed by atoms with Gasteiger partial charge in [-0.3, -0.25) is 10.1 Å². The van der Waals surface area contributed by atoms with Crippen LogP contribution in [0.4, 0.5) is 11.8 Å². The van der Waals surface area contributed by atoms with E-state index >= 15 is 0 Å². The van der Waals surface area contributed by atoms with Gasteiger partial charge in [0, 0.05) is 10.8 Å². The summed E-state index contributed by atoms with van der Waals surface area (Å²) in [7, 11) is 0. The molecule has 5 rings (SSSR count). The van der Waals surface area contributed by atoms with Gasteiger partial charge in [0.25, 0.3) is 5.91 Å². The molecule has 0 bridgehead atoms. The Morgan fingerprint density at radius 3 is 2.74 bits per heavy atom. The van der Waals surface area contributed by atoms with Crippen LogP contribution in [0.15, 0.2) is 57.9 Å². The standard InChI is InChI=1S/C25H27N7O2/c1-14-10-11-17-16(12-14)22(28-18-7-3-4-8-19(18)29-24(26)27)31-25(30-17)32-23(33)21-13-15-6-2-5-9-20(15)34-21/h2,5-6,9-13,18-19H,3-4,7-8H2,1H3,(H4,26,27,29)(H2,28,30,31,32,33). The van der Waals surface area contributed by atoms with E-state index in [1.165, 1.54) is 0 Å². The first-order valence-electron chi connectivity index (χ1n) is 11.4. The van der Waals surface area contributed by atoms with Crippen molar-refractivity contribution >= 4 is 45.5 Å². The molecule has 9 nitrogen and oxygen atoms in total. The molecule has 2 unspecified atom stereocenters. The lowest BCUT2D eigenvalue weighted by Gasteiger charge is -2.30. The maximum absolute atomic E-state index is 12.9. The van der Waals surface area contributed by atoms with Crippen LogP contribution in [0, 0.1) is 6.92 Å². The molecule has 9 heteroatoms. The van der Waals surface area contributed by atoms with Crippen LogP contribution in [0.5, 0.6) is 0 Å². The Morgan fingerprint density at radius 2 is 1.91 bits per heavy atom. The van der Waals surface area contributed by atoms with Crippen LogP contribution < -0.4 is 22.1 Å². The number of nitrogens with one attached hydrogen (secondary N) is 2. The van der Waals surface area contributed by atoms with Crippen LogP contribution in [0.3, 0.4) is 0 Å². The number of anilines is 2. The number of hydrogen-bond donors (Lipinski definition) is 4. The maximum atomic E-state index is 12.9. The summed E-state index contributed by atoms with van der Waals surface area (Å²) in [5.41, 5.74) is 13.8. The number of aromatic nitrogens is 2. The lowest BCUT2D eigenvalue weighted by molar-refractivity contribution is 0.0998. The first-order valence-corrected chi connectivity index (χ1v) is 11.4. The minimum Gasteiger partial charge on any atom is -0.451 e. The van der Waals surface area contributed by atoms with Crippen LogP contribution in [0.1, 0.15) is 41.8 Å². The number of carbonyl (C=O) groups excluding carboxylic acids is 1. The van der Waals surface area contributed by atoms with Gasteiger partial charge >= 0.3 is 0 Å². The van der Waals surface area contributed by atoms with E-state index in [1.54, 1.807) is 6.07 Å². The summed E-state index contributed by atoms with van der Waals surface area (Å²) in [6.45, 7) is 2.02. The molecule has 2 aromatic heterocycles. The Balaban J connectivity index is 1.48. The SMILES string of the molecule is Cc1ccc2nc(NC(=O)c3cc4ccccc4o3)nc(NC3CCCCC3N=C(N)N)c2c1. The molecular weight excluding hydrogens is 430 g/mol. The van der Waals surface area contributed by atoms with Gasteiger partial charge in [0.15, 0.2) is 11.7 Å². The fourth-order valence-corrected chi connectivity index (χ4v) is 4.47. The second kappa shape index (κ2) is 9.01. The third-order valence-corrected chi connectivity index (χ3v) is 6.09. The van der Waals surface area contributed by atoms with Crippen molar-refractivity contribution < 1.29 is 9.21 Å². The minimum absolute atomic E-state index is 0.0217. The van der Waals surface area contributed by atoms with Crippen molar-refractivity contribution in [3.63, 3.8) is 0 Å². The zero-order chi connectivity index (χ0) is 23.7. The third kappa shape index (κ3) is 4.50. The number of amides is 1. The fourth-order valence-electron chi connectivity index (χ4n) is 4.47. The molecule has 1 amide bonds. The quantitative estimate of drug-likeness (QED) is 0.262. The number of aliphatic imine (C=N–C) groups is 1. The summed E-state index contributed by atoms with van der Waals surface area (Å²) in [4.78, 5) is 26.6. The van der Waals surface area contributed by atoms with E-state index in [4.69, 9.17) is 15.9 Å². The maximum Gasteiger partial charge on any atom is 0.293 e. The Kier molecular flexibility index (Phi) is 5.75. The van der Waals surface area contributed by atoms with Crippen molar-refractivity contribution in [3.05, 3.63) is 59.9 Å². The average Bonchev–Trinajstić information content (AvgIpc) is 3.25. The minimum atomic E-state index is -0.412. The lowest BCUT2D eigenvalue weighted by atomic mass is 9.90. The van der Waals surface area contributed by atoms with Gasteiger partial charge in [-0.1, -0.05) is 42.7 Å². The van der Waals surface area contributed by atoms with Gasteiger partial charge in [-0.05, 0) is 44.0 Å². The number of benzene rings is 2. The molecule has 0 radical (unpaired) electrons. The molecule has 174 valence electrons. The number of nitrogens with zero attached hydrogens (tertiary/aromatic N) is 3. The Hall–Kier alpha value is -4.14. The highest BCUT2D eigenvalue weighted by molar-refractivity contribution is 6.04. The van der Waals surface area contributed by atoms with Crippen molar-refractivity contribution in [1.82, 2.24) is 9.97 Å². The highest BCUT2D eigenvalue weighted by Gasteiger charge is 2.26. The second-order valence-corrected chi connectivity index (χ2v) is 8.68. The Labute approximate surface area is 196 Å². The Bertz CT molecular complexity index is 1360. The first-order chi connectivity index (χ1) is 16.5.